The van der Waals surface area contributed by atoms with Crippen molar-refractivity contribution in [2.75, 3.05) is 5.32 Å². The fourth-order valence-electron chi connectivity index (χ4n) is 3.10. The number of nitrogens with one attached hydrogen (secondary N) is 2. The number of anilines is 2. The molecule has 6 nitrogen and oxygen atoms in total. The summed E-state index contributed by atoms with van der Waals surface area (Å²) in [6.07, 6.45) is 5.25. The normalized spacial score (nSPS) is 11.7. The number of imidazole rings is 1. The van der Waals surface area contributed by atoms with E-state index in [0.717, 1.165) is 34.0 Å². The lowest BCUT2D eigenvalue weighted by molar-refractivity contribution is 0.477. The number of aromatic amines is 1. The molecule has 5 rings (SSSR count). The zero-order valence-electron chi connectivity index (χ0n) is 13.1. The second-order valence-electron chi connectivity index (χ2n) is 5.77. The number of pyridine rings is 2. The highest BCUT2D eigenvalue weighted by atomic mass is 16.3. The number of hydrogen-bond donors (Lipinski definition) is 3. The van der Waals surface area contributed by atoms with E-state index in [-0.39, 0.29) is 5.75 Å². The van der Waals surface area contributed by atoms with Gasteiger partial charge in [-0.25, -0.2) is 9.97 Å². The molecule has 0 fully saturated rings. The number of aromatic hydroxyl groups is 1. The lowest BCUT2D eigenvalue weighted by Crippen LogP contribution is -1.95. The average molecular weight is 327 g/mol. The second kappa shape index (κ2) is 5.17. The molecule has 6 heteroatoms. The van der Waals surface area contributed by atoms with Crippen molar-refractivity contribution in [1.29, 1.82) is 0 Å². The van der Waals surface area contributed by atoms with E-state index in [2.05, 4.69) is 20.3 Å². The molecule has 0 spiro atoms. The van der Waals surface area contributed by atoms with Crippen LogP contribution in [0.4, 0.5) is 11.5 Å². The van der Waals surface area contributed by atoms with Crippen LogP contribution in [0.2, 0.25) is 0 Å². The first kappa shape index (κ1) is 13.7. The van der Waals surface area contributed by atoms with Gasteiger partial charge in [-0.15, -0.1) is 0 Å². The number of phenolic OH excluding ortho intramolecular Hbond substituents is 1. The summed E-state index contributed by atoms with van der Waals surface area (Å²) in [4.78, 5) is 16.8. The average Bonchev–Trinajstić information content (AvgIpc) is 3.03. The van der Waals surface area contributed by atoms with Crippen LogP contribution in [0.1, 0.15) is 0 Å². The highest BCUT2D eigenvalue weighted by Crippen LogP contribution is 2.43. The maximum Gasteiger partial charge on any atom is 0.142 e. The Hall–Kier alpha value is -3.67. The van der Waals surface area contributed by atoms with E-state index in [9.17, 15) is 5.11 Å². The van der Waals surface area contributed by atoms with E-state index in [0.29, 0.717) is 11.4 Å². The monoisotopic (exact) mass is 327 g/mol. The van der Waals surface area contributed by atoms with Gasteiger partial charge in [0, 0.05) is 23.5 Å². The van der Waals surface area contributed by atoms with E-state index in [4.69, 9.17) is 4.98 Å². The van der Waals surface area contributed by atoms with Crippen molar-refractivity contribution in [1.82, 2.24) is 19.9 Å². The maximum atomic E-state index is 10.2. The zero-order valence-corrected chi connectivity index (χ0v) is 13.1. The van der Waals surface area contributed by atoms with Gasteiger partial charge in [-0.05, 0) is 30.3 Å². The first-order chi connectivity index (χ1) is 12.3. The van der Waals surface area contributed by atoms with Gasteiger partial charge in [0.25, 0.3) is 0 Å². The molecule has 0 saturated heterocycles. The predicted molar refractivity (Wildman–Crippen MR) is 95.4 cm³/mol. The number of benzene rings is 1. The molecule has 0 saturated carbocycles. The van der Waals surface area contributed by atoms with Gasteiger partial charge in [0.05, 0.1) is 23.1 Å². The first-order valence-corrected chi connectivity index (χ1v) is 7.86. The standard InChI is InChI=1S/C19H13N5O/c25-15-6-2-1-4-12(15)19-23-16-11-7-9-20-10-14(11)22-18-13(17(16)24-19)5-3-8-21-18/h1-10,25H,(H,21,22)(H,23,24). The van der Waals surface area contributed by atoms with Crippen LogP contribution in [0.5, 0.6) is 5.75 Å². The Kier molecular flexibility index (Phi) is 2.84. The van der Waals surface area contributed by atoms with Crippen LogP contribution in [-0.4, -0.2) is 25.0 Å². The number of fused-ring (bicyclic) bond motifs is 5. The summed E-state index contributed by atoms with van der Waals surface area (Å²) in [7, 11) is 0. The fraction of sp³-hybridized carbons (Fsp3) is 0. The number of phenols is 1. The molecular formula is C19H13N5O. The van der Waals surface area contributed by atoms with Crippen LogP contribution in [0.15, 0.2) is 61.1 Å². The number of aromatic nitrogens is 4. The van der Waals surface area contributed by atoms with Crippen molar-refractivity contribution in [2.24, 2.45) is 0 Å². The van der Waals surface area contributed by atoms with Gasteiger partial charge in [0.2, 0.25) is 0 Å². The van der Waals surface area contributed by atoms with Crippen LogP contribution in [0, 0.1) is 0 Å². The molecule has 3 N–H and O–H groups in total. The van der Waals surface area contributed by atoms with Crippen molar-refractivity contribution >= 4 is 11.5 Å². The van der Waals surface area contributed by atoms with Gasteiger partial charge in [-0.1, -0.05) is 12.1 Å². The van der Waals surface area contributed by atoms with Gasteiger partial charge in [0.1, 0.15) is 23.1 Å². The third kappa shape index (κ3) is 2.08. The first-order valence-electron chi connectivity index (χ1n) is 7.86. The Balaban J connectivity index is 1.82. The Morgan fingerprint density at radius 1 is 0.880 bits per heavy atom. The number of para-hydroxylation sites is 1. The molecule has 0 atom stereocenters. The van der Waals surface area contributed by atoms with E-state index in [1.54, 1.807) is 30.7 Å². The van der Waals surface area contributed by atoms with Crippen LogP contribution in [0.3, 0.4) is 0 Å². The maximum absolute atomic E-state index is 10.2. The Morgan fingerprint density at radius 2 is 1.76 bits per heavy atom. The summed E-state index contributed by atoms with van der Waals surface area (Å²) in [6, 6.07) is 12.9. The molecule has 0 unspecified atom stereocenters. The lowest BCUT2D eigenvalue weighted by Gasteiger charge is -2.08. The van der Waals surface area contributed by atoms with E-state index < -0.39 is 0 Å². The molecule has 0 radical (unpaired) electrons. The molecule has 120 valence electrons. The molecule has 1 aliphatic heterocycles. The fourth-order valence-corrected chi connectivity index (χ4v) is 3.10. The summed E-state index contributed by atoms with van der Waals surface area (Å²) in [5.74, 6) is 1.53. The Labute approximate surface area is 143 Å². The van der Waals surface area contributed by atoms with Crippen molar-refractivity contribution in [2.45, 2.75) is 0 Å². The van der Waals surface area contributed by atoms with Crippen LogP contribution >= 0.6 is 0 Å². The lowest BCUT2D eigenvalue weighted by atomic mass is 10.1. The van der Waals surface area contributed by atoms with Crippen LogP contribution in [-0.2, 0) is 0 Å². The minimum Gasteiger partial charge on any atom is -0.507 e. The molecule has 0 aliphatic carbocycles. The molecular weight excluding hydrogens is 314 g/mol. The van der Waals surface area contributed by atoms with Gasteiger partial charge in [-0.3, -0.25) is 4.98 Å². The van der Waals surface area contributed by atoms with Gasteiger partial charge in [0.15, 0.2) is 0 Å². The highest BCUT2D eigenvalue weighted by Gasteiger charge is 2.24. The van der Waals surface area contributed by atoms with Crippen molar-refractivity contribution in [3.63, 3.8) is 0 Å². The Bertz CT molecular complexity index is 1040. The van der Waals surface area contributed by atoms with Crippen molar-refractivity contribution < 1.29 is 5.11 Å². The summed E-state index contributed by atoms with van der Waals surface area (Å²) in [5, 5.41) is 13.5. The van der Waals surface area contributed by atoms with E-state index in [1.165, 1.54) is 0 Å². The van der Waals surface area contributed by atoms with E-state index in [1.807, 2.05) is 30.3 Å². The quantitative estimate of drug-likeness (QED) is 0.434. The molecule has 1 aliphatic rings. The minimum absolute atomic E-state index is 0.186. The number of H-pyrrole nitrogens is 1. The van der Waals surface area contributed by atoms with Gasteiger partial charge >= 0.3 is 0 Å². The SMILES string of the molecule is Oc1ccccc1-c1nc2c([nH]1)-c1ccncc1Nc1ncccc1-2. The summed E-state index contributed by atoms with van der Waals surface area (Å²) in [5.41, 5.74) is 5.02. The van der Waals surface area contributed by atoms with Crippen molar-refractivity contribution in [3.05, 3.63) is 61.1 Å². The molecule has 4 aromatic rings. The molecule has 1 aromatic carbocycles. The van der Waals surface area contributed by atoms with Crippen molar-refractivity contribution in [3.8, 4) is 39.7 Å². The minimum atomic E-state index is 0.186. The molecule has 0 bridgehead atoms. The highest BCUT2D eigenvalue weighted by molar-refractivity contribution is 5.95. The number of nitrogens with zero attached hydrogens (tertiary/aromatic N) is 3. The van der Waals surface area contributed by atoms with Gasteiger partial charge < -0.3 is 15.4 Å². The summed E-state index contributed by atoms with van der Waals surface area (Å²) >= 11 is 0. The van der Waals surface area contributed by atoms with Crippen LogP contribution < -0.4 is 5.32 Å². The number of rotatable bonds is 1. The molecule has 3 aromatic heterocycles. The molecule has 4 heterocycles. The largest absolute Gasteiger partial charge is 0.507 e. The topological polar surface area (TPSA) is 86.7 Å². The van der Waals surface area contributed by atoms with Crippen LogP contribution in [0.25, 0.3) is 33.9 Å². The summed E-state index contributed by atoms with van der Waals surface area (Å²) in [6.45, 7) is 0. The molecule has 25 heavy (non-hydrogen) atoms. The third-order valence-corrected chi connectivity index (χ3v) is 4.27. The van der Waals surface area contributed by atoms with Gasteiger partial charge in [-0.2, -0.15) is 0 Å². The molecule has 0 amide bonds. The second-order valence-corrected chi connectivity index (χ2v) is 5.77. The smallest absolute Gasteiger partial charge is 0.142 e. The van der Waals surface area contributed by atoms with E-state index >= 15 is 0 Å². The number of hydrogen-bond acceptors (Lipinski definition) is 5. The predicted octanol–water partition coefficient (Wildman–Crippen LogP) is 3.96. The Morgan fingerprint density at radius 3 is 2.68 bits per heavy atom. The summed E-state index contributed by atoms with van der Waals surface area (Å²) < 4.78 is 0. The third-order valence-electron chi connectivity index (χ3n) is 4.27. The zero-order chi connectivity index (χ0) is 16.8.